The van der Waals surface area contributed by atoms with Gasteiger partial charge in [-0.25, -0.2) is 5.48 Å². The zero-order valence-corrected chi connectivity index (χ0v) is 4.96. The van der Waals surface area contributed by atoms with Crippen LogP contribution in [0.2, 0.25) is 0 Å². The minimum Gasteiger partial charge on any atom is -0.368 e. The fourth-order valence-corrected chi connectivity index (χ4v) is 0.856. The Kier molecular flexibility index (Phi) is 2.02. The van der Waals surface area contributed by atoms with Crippen LogP contribution in [0.4, 0.5) is 0 Å². The Balaban J connectivity index is 2.32. The average molecular weight is 131 g/mol. The van der Waals surface area contributed by atoms with E-state index in [1.807, 2.05) is 0 Å². The van der Waals surface area contributed by atoms with Crippen molar-refractivity contribution >= 4 is 5.91 Å². The van der Waals surface area contributed by atoms with Gasteiger partial charge in [-0.05, 0) is 12.8 Å². The van der Waals surface area contributed by atoms with Gasteiger partial charge in [-0.2, -0.15) is 0 Å². The SMILES string of the molecule is O=C(NO)C1CCCO1. The molecule has 1 atom stereocenters. The molecule has 0 aromatic carbocycles. The van der Waals surface area contributed by atoms with Crippen molar-refractivity contribution in [3.8, 4) is 0 Å². The Labute approximate surface area is 52.8 Å². The van der Waals surface area contributed by atoms with Gasteiger partial charge in [0.15, 0.2) is 0 Å². The predicted octanol–water partition coefficient (Wildman–Crippen LogP) is -0.329. The van der Waals surface area contributed by atoms with Crippen molar-refractivity contribution in [1.29, 1.82) is 0 Å². The van der Waals surface area contributed by atoms with Crippen LogP contribution in [0.3, 0.4) is 0 Å². The predicted molar refractivity (Wildman–Crippen MR) is 28.9 cm³/mol. The Morgan fingerprint density at radius 2 is 2.56 bits per heavy atom. The first-order valence-electron chi connectivity index (χ1n) is 2.90. The van der Waals surface area contributed by atoms with E-state index in [2.05, 4.69) is 0 Å². The van der Waals surface area contributed by atoms with Crippen LogP contribution in [-0.2, 0) is 9.53 Å². The number of carbonyl (C=O) groups is 1. The summed E-state index contributed by atoms with van der Waals surface area (Å²) in [7, 11) is 0. The molecule has 1 aliphatic rings. The van der Waals surface area contributed by atoms with E-state index in [9.17, 15) is 4.79 Å². The maximum atomic E-state index is 10.5. The topological polar surface area (TPSA) is 58.6 Å². The van der Waals surface area contributed by atoms with E-state index in [0.717, 1.165) is 6.42 Å². The second kappa shape index (κ2) is 2.80. The molecule has 1 heterocycles. The van der Waals surface area contributed by atoms with Gasteiger partial charge in [0.25, 0.3) is 5.91 Å². The number of hydroxylamine groups is 1. The minimum absolute atomic E-state index is 0.421. The second-order valence-corrected chi connectivity index (χ2v) is 1.98. The van der Waals surface area contributed by atoms with Gasteiger partial charge >= 0.3 is 0 Å². The molecule has 0 spiro atoms. The molecule has 1 amide bonds. The largest absolute Gasteiger partial charge is 0.368 e. The standard InChI is InChI=1S/C5H9NO3/c7-5(6-8)4-2-1-3-9-4/h4,8H,1-3H2,(H,6,7). The molecule has 2 N–H and O–H groups in total. The summed E-state index contributed by atoms with van der Waals surface area (Å²) in [4.78, 5) is 10.5. The summed E-state index contributed by atoms with van der Waals surface area (Å²) in [6.07, 6.45) is 1.19. The number of hydrogen-bond acceptors (Lipinski definition) is 3. The summed E-state index contributed by atoms with van der Waals surface area (Å²) in [6.45, 7) is 0.623. The van der Waals surface area contributed by atoms with E-state index < -0.39 is 12.0 Å². The lowest BCUT2D eigenvalue weighted by molar-refractivity contribution is -0.138. The normalized spacial score (nSPS) is 26.1. The summed E-state index contributed by atoms with van der Waals surface area (Å²) in [6, 6.07) is 0. The third kappa shape index (κ3) is 1.40. The van der Waals surface area contributed by atoms with Crippen LogP contribution in [-0.4, -0.2) is 23.8 Å². The minimum atomic E-state index is -0.437. The monoisotopic (exact) mass is 131 g/mol. The number of hydrogen-bond donors (Lipinski definition) is 2. The molecule has 0 bridgehead atoms. The molecule has 0 saturated carbocycles. The summed E-state index contributed by atoms with van der Waals surface area (Å²) in [5, 5.41) is 8.12. The first-order chi connectivity index (χ1) is 4.34. The molecule has 0 aliphatic carbocycles. The third-order valence-corrected chi connectivity index (χ3v) is 1.33. The Morgan fingerprint density at radius 3 is 3.00 bits per heavy atom. The van der Waals surface area contributed by atoms with E-state index in [-0.39, 0.29) is 0 Å². The maximum Gasteiger partial charge on any atom is 0.272 e. The van der Waals surface area contributed by atoms with Crippen molar-refractivity contribution in [2.45, 2.75) is 18.9 Å². The van der Waals surface area contributed by atoms with Gasteiger partial charge < -0.3 is 4.74 Å². The van der Waals surface area contributed by atoms with Gasteiger partial charge in [-0.1, -0.05) is 0 Å². The molecule has 0 radical (unpaired) electrons. The van der Waals surface area contributed by atoms with Crippen molar-refractivity contribution in [2.75, 3.05) is 6.61 Å². The molecule has 1 aliphatic heterocycles. The van der Waals surface area contributed by atoms with Crippen molar-refractivity contribution in [3.05, 3.63) is 0 Å². The van der Waals surface area contributed by atoms with Crippen molar-refractivity contribution < 1.29 is 14.7 Å². The van der Waals surface area contributed by atoms with Crippen LogP contribution in [0.15, 0.2) is 0 Å². The molecular formula is C5H9NO3. The van der Waals surface area contributed by atoms with Gasteiger partial charge in [-0.3, -0.25) is 10.0 Å². The van der Waals surface area contributed by atoms with Crippen LogP contribution < -0.4 is 5.48 Å². The molecule has 9 heavy (non-hydrogen) atoms. The highest BCUT2D eigenvalue weighted by Crippen LogP contribution is 2.10. The molecule has 0 aromatic heterocycles. The van der Waals surface area contributed by atoms with Gasteiger partial charge in [0.1, 0.15) is 6.10 Å². The number of rotatable bonds is 1. The summed E-state index contributed by atoms with van der Waals surface area (Å²) < 4.78 is 4.93. The summed E-state index contributed by atoms with van der Waals surface area (Å²) >= 11 is 0. The fraction of sp³-hybridized carbons (Fsp3) is 0.800. The Bertz CT molecular complexity index is 109. The average Bonchev–Trinajstić information content (AvgIpc) is 2.37. The quantitative estimate of drug-likeness (QED) is 0.378. The highest BCUT2D eigenvalue weighted by atomic mass is 16.5. The van der Waals surface area contributed by atoms with E-state index in [0.29, 0.717) is 13.0 Å². The van der Waals surface area contributed by atoms with E-state index in [1.165, 1.54) is 0 Å². The van der Waals surface area contributed by atoms with Crippen LogP contribution in [0.5, 0.6) is 0 Å². The molecular weight excluding hydrogens is 122 g/mol. The molecule has 4 heteroatoms. The van der Waals surface area contributed by atoms with Gasteiger partial charge in [-0.15, -0.1) is 0 Å². The summed E-state index contributed by atoms with van der Waals surface area (Å²) in [5.41, 5.74) is 1.54. The number of ether oxygens (including phenoxy) is 1. The first-order valence-corrected chi connectivity index (χ1v) is 2.90. The molecule has 1 rings (SSSR count). The second-order valence-electron chi connectivity index (χ2n) is 1.98. The molecule has 1 unspecified atom stereocenters. The maximum absolute atomic E-state index is 10.5. The fourth-order valence-electron chi connectivity index (χ4n) is 0.856. The van der Waals surface area contributed by atoms with Crippen molar-refractivity contribution in [2.24, 2.45) is 0 Å². The van der Waals surface area contributed by atoms with Crippen molar-refractivity contribution in [3.63, 3.8) is 0 Å². The molecule has 0 aromatic rings. The lowest BCUT2D eigenvalue weighted by atomic mass is 10.2. The van der Waals surface area contributed by atoms with Gasteiger partial charge in [0.05, 0.1) is 0 Å². The van der Waals surface area contributed by atoms with Crippen LogP contribution >= 0.6 is 0 Å². The zero-order valence-electron chi connectivity index (χ0n) is 4.96. The van der Waals surface area contributed by atoms with E-state index >= 15 is 0 Å². The van der Waals surface area contributed by atoms with E-state index in [1.54, 1.807) is 5.48 Å². The first kappa shape index (κ1) is 6.51. The lowest BCUT2D eigenvalue weighted by Crippen LogP contribution is -2.31. The lowest BCUT2D eigenvalue weighted by Gasteiger charge is -2.03. The summed E-state index contributed by atoms with van der Waals surface area (Å²) in [5.74, 6) is -0.437. The van der Waals surface area contributed by atoms with Crippen LogP contribution in [0, 0.1) is 0 Å². The molecule has 52 valence electrons. The number of amides is 1. The van der Waals surface area contributed by atoms with Crippen molar-refractivity contribution in [1.82, 2.24) is 5.48 Å². The van der Waals surface area contributed by atoms with Gasteiger partial charge in [0, 0.05) is 6.61 Å². The highest BCUT2D eigenvalue weighted by Gasteiger charge is 2.22. The third-order valence-electron chi connectivity index (χ3n) is 1.33. The van der Waals surface area contributed by atoms with Crippen LogP contribution in [0.25, 0.3) is 0 Å². The molecule has 1 fully saturated rings. The number of nitrogens with one attached hydrogen (secondary N) is 1. The Morgan fingerprint density at radius 1 is 1.78 bits per heavy atom. The Hall–Kier alpha value is -0.610. The smallest absolute Gasteiger partial charge is 0.272 e. The molecule has 4 nitrogen and oxygen atoms in total. The zero-order chi connectivity index (χ0) is 6.69. The van der Waals surface area contributed by atoms with Gasteiger partial charge in [0.2, 0.25) is 0 Å². The van der Waals surface area contributed by atoms with Crippen LogP contribution in [0.1, 0.15) is 12.8 Å². The number of carbonyl (C=O) groups excluding carboxylic acids is 1. The highest BCUT2D eigenvalue weighted by molar-refractivity contribution is 5.79. The molecule has 1 saturated heterocycles. The van der Waals surface area contributed by atoms with E-state index in [4.69, 9.17) is 9.94 Å².